The van der Waals surface area contributed by atoms with Gasteiger partial charge in [-0.15, -0.1) is 0 Å². The fourth-order valence-corrected chi connectivity index (χ4v) is 6.51. The summed E-state index contributed by atoms with van der Waals surface area (Å²) in [6.07, 6.45) is 0. The van der Waals surface area contributed by atoms with Crippen molar-refractivity contribution in [1.29, 1.82) is 0 Å². The predicted molar refractivity (Wildman–Crippen MR) is 156 cm³/mol. The van der Waals surface area contributed by atoms with Crippen LogP contribution in [0.2, 0.25) is 10.0 Å². The largest absolute Gasteiger partial charge is 0.310 e. The first-order valence-electron chi connectivity index (χ1n) is 12.7. The van der Waals surface area contributed by atoms with Crippen LogP contribution in [0.5, 0.6) is 0 Å². The van der Waals surface area contributed by atoms with Crippen LogP contribution in [0.15, 0.2) is 91.0 Å². The van der Waals surface area contributed by atoms with Crippen molar-refractivity contribution in [2.45, 2.75) is 25.2 Å². The van der Waals surface area contributed by atoms with E-state index in [2.05, 4.69) is 61.2 Å². The highest BCUT2D eigenvalue weighted by molar-refractivity contribution is 6.43. The minimum absolute atomic E-state index is 0.251. The summed E-state index contributed by atoms with van der Waals surface area (Å²) in [5.74, 6) is -1.62. The Morgan fingerprint density at radius 2 is 1.38 bits per heavy atom. The maximum atomic E-state index is 13.3. The Balaban J connectivity index is 1.41. The zero-order valence-corrected chi connectivity index (χ0v) is 22.7. The van der Waals surface area contributed by atoms with Gasteiger partial charge < -0.3 is 4.90 Å². The van der Waals surface area contributed by atoms with E-state index in [1.54, 1.807) is 0 Å². The monoisotopic (exact) mass is 548 g/mol. The third kappa shape index (κ3) is 3.42. The molecule has 6 heteroatoms. The lowest BCUT2D eigenvalue weighted by atomic mass is 9.72. The number of aromatic nitrogens is 1. The first kappa shape index (κ1) is 24.1. The average molecular weight is 549 g/mol. The number of Topliss-reactive ketones (excluding diaryl/α,β-unsaturated/α-hetero) is 2. The maximum Gasteiger partial charge on any atom is 0.180 e. The molecule has 7 rings (SSSR count). The molecule has 2 aliphatic rings. The van der Waals surface area contributed by atoms with Gasteiger partial charge in [0.1, 0.15) is 5.92 Å². The number of hydrogen-bond donors (Lipinski definition) is 0. The van der Waals surface area contributed by atoms with E-state index in [-0.39, 0.29) is 27.0 Å². The molecule has 0 unspecified atom stereocenters. The second-order valence-electron chi connectivity index (χ2n) is 10.5. The molecule has 4 aromatic carbocycles. The average Bonchev–Trinajstić information content (AvgIpc) is 3.17. The van der Waals surface area contributed by atoms with E-state index in [0.717, 1.165) is 33.5 Å². The molecule has 0 fully saturated rings. The first-order chi connectivity index (χ1) is 18.8. The molecule has 1 aliphatic carbocycles. The lowest BCUT2D eigenvalue weighted by Gasteiger charge is -2.42. The van der Waals surface area contributed by atoms with Crippen molar-refractivity contribution in [2.75, 3.05) is 4.90 Å². The van der Waals surface area contributed by atoms with Gasteiger partial charge in [-0.2, -0.15) is 0 Å². The number of rotatable bonds is 2. The number of para-hydroxylation sites is 2. The smallest absolute Gasteiger partial charge is 0.180 e. The molecule has 0 amide bonds. The van der Waals surface area contributed by atoms with Crippen LogP contribution >= 0.6 is 23.2 Å². The lowest BCUT2D eigenvalue weighted by Crippen LogP contribution is -2.31. The number of nitrogens with zero attached hydrogens (tertiary/aromatic N) is 2. The minimum atomic E-state index is -1.01. The van der Waals surface area contributed by atoms with Crippen molar-refractivity contribution in [3.05, 3.63) is 129 Å². The van der Waals surface area contributed by atoms with Crippen LogP contribution < -0.4 is 4.90 Å². The number of ketones is 2. The molecule has 1 aliphatic heterocycles. The van der Waals surface area contributed by atoms with Crippen LogP contribution in [-0.2, 0) is 5.41 Å². The highest BCUT2D eigenvalue weighted by atomic mass is 35.5. The number of hydrogen-bond acceptors (Lipinski definition) is 4. The molecule has 0 saturated carbocycles. The molecule has 0 radical (unpaired) electrons. The van der Waals surface area contributed by atoms with Gasteiger partial charge in [0.15, 0.2) is 11.6 Å². The van der Waals surface area contributed by atoms with Crippen LogP contribution in [0.1, 0.15) is 57.3 Å². The second-order valence-corrected chi connectivity index (χ2v) is 11.4. The summed E-state index contributed by atoms with van der Waals surface area (Å²) in [6.45, 7) is 4.46. The van der Waals surface area contributed by atoms with Gasteiger partial charge in [0.2, 0.25) is 0 Å². The molecule has 1 aromatic heterocycles. The molecule has 39 heavy (non-hydrogen) atoms. The highest BCUT2D eigenvalue weighted by Crippen LogP contribution is 2.53. The molecule has 0 spiro atoms. The summed E-state index contributed by atoms with van der Waals surface area (Å²) >= 11 is 12.3. The number of carbonyl (C=O) groups excluding carboxylic acids is 2. The third-order valence-electron chi connectivity index (χ3n) is 7.98. The maximum absolute atomic E-state index is 13.3. The van der Waals surface area contributed by atoms with E-state index < -0.39 is 5.92 Å². The van der Waals surface area contributed by atoms with Gasteiger partial charge in [0, 0.05) is 27.6 Å². The van der Waals surface area contributed by atoms with Crippen LogP contribution in [0.3, 0.4) is 0 Å². The Hall–Kier alpha value is -3.99. The Morgan fingerprint density at radius 3 is 2.08 bits per heavy atom. The normalized spacial score (nSPS) is 15.8. The molecule has 4 nitrogen and oxygen atoms in total. The van der Waals surface area contributed by atoms with Crippen LogP contribution in [0.4, 0.5) is 17.1 Å². The Morgan fingerprint density at radius 1 is 0.744 bits per heavy atom. The van der Waals surface area contributed by atoms with Gasteiger partial charge in [-0.05, 0) is 59.7 Å². The summed E-state index contributed by atoms with van der Waals surface area (Å²) in [5, 5.41) is 1.49. The second kappa shape index (κ2) is 8.51. The first-order valence-corrected chi connectivity index (χ1v) is 13.5. The van der Waals surface area contributed by atoms with Gasteiger partial charge >= 0.3 is 0 Å². The molecule has 0 N–H and O–H groups in total. The SMILES string of the molecule is CC1(C)c2ccccc2N(c2ccccc2)c2ccc3nc(C4C(=O)c5cc(Cl)c(Cl)cc5C4=O)ccc3c21. The summed E-state index contributed by atoms with van der Waals surface area (Å²) < 4.78 is 0. The van der Waals surface area contributed by atoms with Crippen molar-refractivity contribution in [1.82, 2.24) is 4.98 Å². The van der Waals surface area contributed by atoms with Crippen molar-refractivity contribution in [3.8, 4) is 0 Å². The van der Waals surface area contributed by atoms with Gasteiger partial charge in [-0.1, -0.05) is 79.5 Å². The standard InChI is InChI=1S/C33H22Cl2N2O2/c1-33(2)22-10-6-7-11-27(22)37(18-8-4-3-5-9-18)28-15-14-25-19(30(28)33)12-13-26(36-25)29-31(38)20-16-23(34)24(35)17-21(20)32(29)39/h3-17,29H,1-2H3. The number of benzene rings is 4. The van der Waals surface area contributed by atoms with E-state index in [9.17, 15) is 9.59 Å². The van der Waals surface area contributed by atoms with Crippen molar-refractivity contribution < 1.29 is 9.59 Å². The molecular weight excluding hydrogens is 527 g/mol. The molecular formula is C33H22Cl2N2O2. The zero-order valence-electron chi connectivity index (χ0n) is 21.2. The molecule has 0 saturated heterocycles. The molecule has 5 aromatic rings. The van der Waals surface area contributed by atoms with Crippen LogP contribution in [-0.4, -0.2) is 16.6 Å². The van der Waals surface area contributed by atoms with Crippen molar-refractivity contribution in [3.63, 3.8) is 0 Å². The van der Waals surface area contributed by atoms with Gasteiger partial charge in [-0.25, -0.2) is 0 Å². The Bertz CT molecular complexity index is 1820. The van der Waals surface area contributed by atoms with Crippen molar-refractivity contribution in [2.24, 2.45) is 0 Å². The van der Waals surface area contributed by atoms with Crippen LogP contribution in [0.25, 0.3) is 10.9 Å². The highest BCUT2D eigenvalue weighted by Gasteiger charge is 2.42. The fraction of sp³-hybridized carbons (Fsp3) is 0.121. The Kier molecular flexibility index (Phi) is 5.25. The predicted octanol–water partition coefficient (Wildman–Crippen LogP) is 8.81. The number of fused-ring (bicyclic) bond motifs is 5. The zero-order chi connectivity index (χ0) is 27.1. The van der Waals surface area contributed by atoms with E-state index in [0.29, 0.717) is 16.8 Å². The van der Waals surface area contributed by atoms with E-state index >= 15 is 0 Å². The Labute approximate surface area is 235 Å². The minimum Gasteiger partial charge on any atom is -0.310 e. The van der Waals surface area contributed by atoms with Crippen LogP contribution in [0, 0.1) is 0 Å². The van der Waals surface area contributed by atoms with E-state index in [4.69, 9.17) is 28.2 Å². The number of halogens is 2. The van der Waals surface area contributed by atoms with Gasteiger partial charge in [0.05, 0.1) is 32.6 Å². The molecule has 2 heterocycles. The molecule has 190 valence electrons. The number of pyridine rings is 1. The number of anilines is 3. The quantitative estimate of drug-likeness (QED) is 0.207. The summed E-state index contributed by atoms with van der Waals surface area (Å²) in [6, 6.07) is 29.6. The summed E-state index contributed by atoms with van der Waals surface area (Å²) in [4.78, 5) is 33.8. The summed E-state index contributed by atoms with van der Waals surface area (Å²) in [7, 11) is 0. The topological polar surface area (TPSA) is 50.3 Å². The van der Waals surface area contributed by atoms with E-state index in [1.165, 1.54) is 17.7 Å². The molecule has 0 bridgehead atoms. The van der Waals surface area contributed by atoms with E-state index in [1.807, 2.05) is 36.4 Å². The number of carbonyl (C=O) groups is 2. The molecule has 0 atom stereocenters. The van der Waals surface area contributed by atoms with Gasteiger partial charge in [0.25, 0.3) is 0 Å². The fourth-order valence-electron chi connectivity index (χ4n) is 6.18. The van der Waals surface area contributed by atoms with Crippen molar-refractivity contribution >= 4 is 62.7 Å². The lowest BCUT2D eigenvalue weighted by molar-refractivity contribution is 0.0888. The summed E-state index contributed by atoms with van der Waals surface area (Å²) in [5.41, 5.74) is 7.08. The van der Waals surface area contributed by atoms with Gasteiger partial charge in [-0.3, -0.25) is 14.6 Å². The third-order valence-corrected chi connectivity index (χ3v) is 8.70.